The summed E-state index contributed by atoms with van der Waals surface area (Å²) in [6, 6.07) is 32.5. The average Bonchev–Trinajstić information content (AvgIpc) is 2.75. The molecule has 0 fully saturated rings. The Morgan fingerprint density at radius 1 is 0.704 bits per heavy atom. The molecule has 0 spiro atoms. The molecule has 1 heterocycles. The van der Waals surface area contributed by atoms with Gasteiger partial charge in [0.2, 0.25) is 5.88 Å². The molecule has 0 radical (unpaired) electrons. The third-order valence-corrected chi connectivity index (χ3v) is 4.22. The van der Waals surface area contributed by atoms with Crippen LogP contribution in [0, 0.1) is 0 Å². The van der Waals surface area contributed by atoms with E-state index in [9.17, 15) is 0 Å². The van der Waals surface area contributed by atoms with E-state index in [0.29, 0.717) is 12.5 Å². The van der Waals surface area contributed by atoms with E-state index in [0.717, 1.165) is 28.1 Å². The molecule has 3 heteroatoms. The van der Waals surface area contributed by atoms with E-state index in [1.165, 1.54) is 0 Å². The van der Waals surface area contributed by atoms with E-state index in [1.54, 1.807) is 6.20 Å². The standard InChI is InChI=1S/C24H20N2O/c1-4-10-19(11-5-1)18-27-24-23(20-12-6-2-7-13-20)16-22(17-25-24)26-21-14-8-3-9-15-21/h1-17,26H,18H2. The molecule has 0 unspecified atom stereocenters. The van der Waals surface area contributed by atoms with Gasteiger partial charge in [0.05, 0.1) is 11.9 Å². The maximum Gasteiger partial charge on any atom is 0.221 e. The number of ether oxygens (including phenoxy) is 1. The quantitative estimate of drug-likeness (QED) is 0.457. The lowest BCUT2D eigenvalue weighted by atomic mass is 10.1. The van der Waals surface area contributed by atoms with E-state index in [1.807, 2.05) is 78.9 Å². The molecule has 0 atom stereocenters. The molecule has 0 bridgehead atoms. The van der Waals surface area contributed by atoms with Gasteiger partial charge in [0.25, 0.3) is 0 Å². The zero-order valence-electron chi connectivity index (χ0n) is 14.9. The molecule has 0 aliphatic carbocycles. The summed E-state index contributed by atoms with van der Waals surface area (Å²) in [6.45, 7) is 0.485. The third kappa shape index (κ3) is 4.33. The molecule has 132 valence electrons. The van der Waals surface area contributed by atoms with Crippen LogP contribution in [0.1, 0.15) is 5.56 Å². The second-order valence-corrected chi connectivity index (χ2v) is 6.21. The number of anilines is 2. The summed E-state index contributed by atoms with van der Waals surface area (Å²) in [6.07, 6.45) is 1.81. The molecule has 0 amide bonds. The molecule has 1 aromatic heterocycles. The molecule has 0 aliphatic rings. The second kappa shape index (κ2) is 8.19. The van der Waals surface area contributed by atoms with E-state index in [-0.39, 0.29) is 0 Å². The molecule has 4 aromatic rings. The monoisotopic (exact) mass is 352 g/mol. The van der Waals surface area contributed by atoms with Gasteiger partial charge in [0.15, 0.2) is 0 Å². The van der Waals surface area contributed by atoms with Crippen LogP contribution in [0.25, 0.3) is 11.1 Å². The van der Waals surface area contributed by atoms with E-state index >= 15 is 0 Å². The van der Waals surface area contributed by atoms with Crippen LogP contribution in [0.15, 0.2) is 103 Å². The third-order valence-electron chi connectivity index (χ3n) is 4.22. The number of aromatic nitrogens is 1. The van der Waals surface area contributed by atoms with Crippen molar-refractivity contribution < 1.29 is 4.74 Å². The van der Waals surface area contributed by atoms with Crippen molar-refractivity contribution in [3.8, 4) is 17.0 Å². The van der Waals surface area contributed by atoms with Crippen molar-refractivity contribution in [3.63, 3.8) is 0 Å². The molecule has 4 rings (SSSR count). The molecule has 3 nitrogen and oxygen atoms in total. The fourth-order valence-electron chi connectivity index (χ4n) is 2.87. The van der Waals surface area contributed by atoms with Gasteiger partial charge >= 0.3 is 0 Å². The Hall–Kier alpha value is -3.59. The molecule has 27 heavy (non-hydrogen) atoms. The minimum Gasteiger partial charge on any atom is -0.472 e. The molecule has 0 saturated carbocycles. The van der Waals surface area contributed by atoms with Crippen molar-refractivity contribution in [2.24, 2.45) is 0 Å². The van der Waals surface area contributed by atoms with Crippen LogP contribution in [0.2, 0.25) is 0 Å². The summed E-state index contributed by atoms with van der Waals surface area (Å²) in [5.74, 6) is 0.628. The summed E-state index contributed by atoms with van der Waals surface area (Å²) >= 11 is 0. The normalized spacial score (nSPS) is 10.4. The van der Waals surface area contributed by atoms with Gasteiger partial charge in [0.1, 0.15) is 6.61 Å². The minimum atomic E-state index is 0.485. The topological polar surface area (TPSA) is 34.1 Å². The Morgan fingerprint density at radius 3 is 2.04 bits per heavy atom. The Bertz CT molecular complexity index is 987. The first kappa shape index (κ1) is 16.9. The van der Waals surface area contributed by atoms with Crippen LogP contribution >= 0.6 is 0 Å². The average molecular weight is 352 g/mol. The SMILES string of the molecule is c1ccc(COc2ncc(Nc3ccccc3)cc2-c2ccccc2)cc1. The number of para-hydroxylation sites is 1. The minimum absolute atomic E-state index is 0.485. The highest BCUT2D eigenvalue weighted by atomic mass is 16.5. The zero-order valence-corrected chi connectivity index (χ0v) is 14.9. The zero-order chi connectivity index (χ0) is 18.3. The van der Waals surface area contributed by atoms with Crippen molar-refractivity contribution in [1.82, 2.24) is 4.98 Å². The van der Waals surface area contributed by atoms with Gasteiger partial charge in [0, 0.05) is 11.3 Å². The molecule has 3 aromatic carbocycles. The largest absolute Gasteiger partial charge is 0.472 e. The Labute approximate surface area is 159 Å². The highest BCUT2D eigenvalue weighted by molar-refractivity contribution is 5.74. The summed E-state index contributed by atoms with van der Waals surface area (Å²) < 4.78 is 6.04. The van der Waals surface area contributed by atoms with Gasteiger partial charge in [-0.25, -0.2) is 4.98 Å². The van der Waals surface area contributed by atoms with E-state index in [2.05, 4.69) is 28.5 Å². The van der Waals surface area contributed by atoms with Gasteiger partial charge in [-0.3, -0.25) is 0 Å². The predicted molar refractivity (Wildman–Crippen MR) is 110 cm³/mol. The lowest BCUT2D eigenvalue weighted by Gasteiger charge is -2.13. The van der Waals surface area contributed by atoms with Gasteiger partial charge in [-0.05, 0) is 29.3 Å². The first-order chi connectivity index (χ1) is 13.4. The molecular weight excluding hydrogens is 332 g/mol. The summed E-state index contributed by atoms with van der Waals surface area (Å²) in [5.41, 5.74) is 5.10. The van der Waals surface area contributed by atoms with E-state index in [4.69, 9.17) is 4.74 Å². The lowest BCUT2D eigenvalue weighted by molar-refractivity contribution is 0.295. The molecule has 1 N–H and O–H groups in total. The van der Waals surface area contributed by atoms with Crippen LogP contribution in [0.3, 0.4) is 0 Å². The first-order valence-electron chi connectivity index (χ1n) is 8.93. The first-order valence-corrected chi connectivity index (χ1v) is 8.93. The van der Waals surface area contributed by atoms with Crippen molar-refractivity contribution in [2.45, 2.75) is 6.61 Å². The van der Waals surface area contributed by atoms with Crippen LogP contribution in [-0.4, -0.2) is 4.98 Å². The van der Waals surface area contributed by atoms with Crippen LogP contribution in [0.5, 0.6) is 5.88 Å². The van der Waals surface area contributed by atoms with Crippen molar-refractivity contribution >= 4 is 11.4 Å². The van der Waals surface area contributed by atoms with Gasteiger partial charge in [-0.2, -0.15) is 0 Å². The Balaban J connectivity index is 1.63. The van der Waals surface area contributed by atoms with E-state index < -0.39 is 0 Å². The Kier molecular flexibility index (Phi) is 5.11. The lowest BCUT2D eigenvalue weighted by Crippen LogP contribution is -2.00. The molecule has 0 saturated heterocycles. The van der Waals surface area contributed by atoms with Gasteiger partial charge in [-0.1, -0.05) is 78.9 Å². The number of nitrogens with zero attached hydrogens (tertiary/aromatic N) is 1. The maximum atomic E-state index is 6.04. The number of hydrogen-bond acceptors (Lipinski definition) is 3. The number of pyridine rings is 1. The van der Waals surface area contributed by atoms with Gasteiger partial charge in [-0.15, -0.1) is 0 Å². The van der Waals surface area contributed by atoms with Crippen LogP contribution in [0.4, 0.5) is 11.4 Å². The highest BCUT2D eigenvalue weighted by Gasteiger charge is 2.10. The summed E-state index contributed by atoms with van der Waals surface area (Å²) in [4.78, 5) is 4.58. The van der Waals surface area contributed by atoms with Crippen LogP contribution < -0.4 is 10.1 Å². The fraction of sp³-hybridized carbons (Fsp3) is 0.0417. The molecular formula is C24H20N2O. The molecule has 0 aliphatic heterocycles. The fourth-order valence-corrected chi connectivity index (χ4v) is 2.87. The van der Waals surface area contributed by atoms with Crippen molar-refractivity contribution in [3.05, 3.63) is 109 Å². The number of hydrogen-bond donors (Lipinski definition) is 1. The number of rotatable bonds is 6. The Morgan fingerprint density at radius 2 is 1.33 bits per heavy atom. The maximum absolute atomic E-state index is 6.04. The number of nitrogens with one attached hydrogen (secondary N) is 1. The van der Waals surface area contributed by atoms with Crippen molar-refractivity contribution in [2.75, 3.05) is 5.32 Å². The van der Waals surface area contributed by atoms with Gasteiger partial charge < -0.3 is 10.1 Å². The second-order valence-electron chi connectivity index (χ2n) is 6.21. The van der Waals surface area contributed by atoms with Crippen molar-refractivity contribution in [1.29, 1.82) is 0 Å². The predicted octanol–water partition coefficient (Wildman–Crippen LogP) is 6.07. The summed E-state index contributed by atoms with van der Waals surface area (Å²) in [7, 11) is 0. The smallest absolute Gasteiger partial charge is 0.221 e. The highest BCUT2D eigenvalue weighted by Crippen LogP contribution is 2.32. The van der Waals surface area contributed by atoms with Crippen LogP contribution in [-0.2, 0) is 6.61 Å². The number of benzene rings is 3. The summed E-state index contributed by atoms with van der Waals surface area (Å²) in [5, 5.41) is 3.40.